The number of benzene rings is 1. The number of hydrogen-bond donors (Lipinski definition) is 1. The maximum atomic E-state index is 12.9. The molecule has 0 fully saturated rings. The zero-order valence-electron chi connectivity index (χ0n) is 7.02. The summed E-state index contributed by atoms with van der Waals surface area (Å²) in [7, 11) is 0. The molecule has 12 heavy (non-hydrogen) atoms. The molecule has 64 valence electrons. The van der Waals surface area contributed by atoms with Gasteiger partial charge in [-0.25, -0.2) is 4.39 Å². The lowest BCUT2D eigenvalue weighted by atomic mass is 10.1. The van der Waals surface area contributed by atoms with Gasteiger partial charge in [-0.3, -0.25) is 4.79 Å². The largest absolute Gasteiger partial charge is 0.396 e. The van der Waals surface area contributed by atoms with Crippen molar-refractivity contribution in [2.24, 2.45) is 0 Å². The van der Waals surface area contributed by atoms with Crippen molar-refractivity contribution < 1.29 is 9.18 Å². The molecule has 1 aromatic carbocycles. The lowest BCUT2D eigenvalue weighted by Gasteiger charge is -2.02. The maximum absolute atomic E-state index is 12.9. The smallest absolute Gasteiger partial charge is 0.159 e. The molecular weight excluding hydrogens is 157 g/mol. The van der Waals surface area contributed by atoms with E-state index in [0.717, 1.165) is 0 Å². The molecule has 0 aliphatic rings. The summed E-state index contributed by atoms with van der Waals surface area (Å²) in [6.07, 6.45) is 0. The van der Waals surface area contributed by atoms with Gasteiger partial charge in [-0.1, -0.05) is 0 Å². The Balaban J connectivity index is 3.31. The first-order chi connectivity index (χ1) is 5.52. The molecule has 2 N–H and O–H groups in total. The zero-order valence-corrected chi connectivity index (χ0v) is 7.02. The van der Waals surface area contributed by atoms with E-state index in [-0.39, 0.29) is 11.5 Å². The molecule has 0 amide bonds. The number of ketones is 1. The third-order valence-electron chi connectivity index (χ3n) is 1.69. The minimum absolute atomic E-state index is 0.0280. The van der Waals surface area contributed by atoms with Crippen molar-refractivity contribution in [3.8, 4) is 0 Å². The van der Waals surface area contributed by atoms with Crippen molar-refractivity contribution in [3.05, 3.63) is 29.1 Å². The molecule has 0 atom stereocenters. The SMILES string of the molecule is CC(=O)c1cc(C)c(F)c(N)c1. The highest BCUT2D eigenvalue weighted by Crippen LogP contribution is 2.17. The number of rotatable bonds is 1. The topological polar surface area (TPSA) is 43.1 Å². The summed E-state index contributed by atoms with van der Waals surface area (Å²) >= 11 is 0. The van der Waals surface area contributed by atoms with Gasteiger partial charge in [0.05, 0.1) is 5.69 Å². The van der Waals surface area contributed by atoms with Gasteiger partial charge in [0.1, 0.15) is 5.82 Å². The normalized spacial score (nSPS) is 9.92. The fourth-order valence-corrected chi connectivity index (χ4v) is 1.00. The van der Waals surface area contributed by atoms with Crippen LogP contribution in [0.5, 0.6) is 0 Å². The van der Waals surface area contributed by atoms with Crippen molar-refractivity contribution in [2.75, 3.05) is 5.73 Å². The Labute approximate surface area is 70.2 Å². The second-order valence-corrected chi connectivity index (χ2v) is 2.75. The Bertz CT molecular complexity index is 310. The molecule has 1 aromatic rings. The monoisotopic (exact) mass is 167 g/mol. The minimum atomic E-state index is -0.444. The predicted molar refractivity (Wildman–Crippen MR) is 45.6 cm³/mol. The first-order valence-electron chi connectivity index (χ1n) is 3.59. The van der Waals surface area contributed by atoms with Crippen LogP contribution < -0.4 is 5.73 Å². The standard InChI is InChI=1S/C9H10FNO/c1-5-3-7(6(2)12)4-8(11)9(5)10/h3-4H,11H2,1-2H3. The summed E-state index contributed by atoms with van der Waals surface area (Å²) in [6.45, 7) is 3.00. The first kappa shape index (κ1) is 8.71. The van der Waals surface area contributed by atoms with E-state index < -0.39 is 5.82 Å². The molecule has 0 unspecified atom stereocenters. The molecule has 1 rings (SSSR count). The summed E-state index contributed by atoms with van der Waals surface area (Å²) in [5, 5.41) is 0. The van der Waals surface area contributed by atoms with Crippen molar-refractivity contribution in [2.45, 2.75) is 13.8 Å². The van der Waals surface area contributed by atoms with Crippen molar-refractivity contribution in [1.82, 2.24) is 0 Å². The molecule has 2 nitrogen and oxygen atoms in total. The summed E-state index contributed by atoms with van der Waals surface area (Å²) in [5.74, 6) is -0.551. The average molecular weight is 167 g/mol. The van der Waals surface area contributed by atoms with E-state index in [0.29, 0.717) is 11.1 Å². The van der Waals surface area contributed by atoms with E-state index in [9.17, 15) is 9.18 Å². The number of anilines is 1. The van der Waals surface area contributed by atoms with Crippen LogP contribution in [0.1, 0.15) is 22.8 Å². The lowest BCUT2D eigenvalue weighted by Crippen LogP contribution is -1.99. The number of hydrogen-bond acceptors (Lipinski definition) is 2. The Morgan fingerprint density at radius 2 is 2.08 bits per heavy atom. The molecule has 3 heteroatoms. The second-order valence-electron chi connectivity index (χ2n) is 2.75. The van der Waals surface area contributed by atoms with Gasteiger partial charge < -0.3 is 5.73 Å². The van der Waals surface area contributed by atoms with Crippen molar-refractivity contribution >= 4 is 11.5 Å². The fraction of sp³-hybridized carbons (Fsp3) is 0.222. The quantitative estimate of drug-likeness (QED) is 0.513. The number of nitrogens with two attached hydrogens (primary N) is 1. The van der Waals surface area contributed by atoms with E-state index in [4.69, 9.17) is 5.73 Å². The molecule has 0 aromatic heterocycles. The minimum Gasteiger partial charge on any atom is -0.396 e. The molecule has 0 bridgehead atoms. The van der Waals surface area contributed by atoms with Gasteiger partial charge in [0.15, 0.2) is 5.78 Å². The van der Waals surface area contributed by atoms with Crippen LogP contribution in [0.25, 0.3) is 0 Å². The Hall–Kier alpha value is -1.38. The third kappa shape index (κ3) is 1.44. The predicted octanol–water partition coefficient (Wildman–Crippen LogP) is 1.92. The van der Waals surface area contributed by atoms with E-state index in [1.54, 1.807) is 6.92 Å². The Morgan fingerprint density at radius 1 is 1.50 bits per heavy atom. The summed E-state index contributed by atoms with van der Waals surface area (Å²) in [6, 6.07) is 2.85. The van der Waals surface area contributed by atoms with Crippen LogP contribution in [0.2, 0.25) is 0 Å². The zero-order chi connectivity index (χ0) is 9.30. The molecule has 0 spiro atoms. The van der Waals surface area contributed by atoms with Crippen LogP contribution >= 0.6 is 0 Å². The molecule has 0 aliphatic carbocycles. The fourth-order valence-electron chi connectivity index (χ4n) is 1.00. The summed E-state index contributed by atoms with van der Waals surface area (Å²) < 4.78 is 12.9. The Kier molecular flexibility index (Phi) is 2.13. The number of Topliss-reactive ketones (excluding diaryl/α,β-unsaturated/α-hetero) is 1. The van der Waals surface area contributed by atoms with Gasteiger partial charge in [-0.2, -0.15) is 0 Å². The van der Waals surface area contributed by atoms with Crippen molar-refractivity contribution in [3.63, 3.8) is 0 Å². The van der Waals surface area contributed by atoms with Crippen LogP contribution in [0.15, 0.2) is 12.1 Å². The van der Waals surface area contributed by atoms with Crippen LogP contribution in [0, 0.1) is 12.7 Å². The van der Waals surface area contributed by atoms with Gasteiger partial charge in [-0.15, -0.1) is 0 Å². The number of carbonyl (C=O) groups excluding carboxylic acids is 1. The molecule has 0 radical (unpaired) electrons. The van der Waals surface area contributed by atoms with Crippen LogP contribution in [-0.4, -0.2) is 5.78 Å². The van der Waals surface area contributed by atoms with E-state index in [2.05, 4.69) is 0 Å². The molecule has 0 aliphatic heterocycles. The maximum Gasteiger partial charge on any atom is 0.159 e. The van der Waals surface area contributed by atoms with E-state index in [1.807, 2.05) is 0 Å². The first-order valence-corrected chi connectivity index (χ1v) is 3.59. The highest BCUT2D eigenvalue weighted by molar-refractivity contribution is 5.95. The van der Waals surface area contributed by atoms with Gasteiger partial charge in [-0.05, 0) is 31.5 Å². The number of halogens is 1. The van der Waals surface area contributed by atoms with Crippen LogP contribution in [0.4, 0.5) is 10.1 Å². The number of carbonyl (C=O) groups is 1. The van der Waals surface area contributed by atoms with Crippen molar-refractivity contribution in [1.29, 1.82) is 0 Å². The van der Waals surface area contributed by atoms with E-state index in [1.165, 1.54) is 19.1 Å². The number of nitrogen functional groups attached to an aromatic ring is 1. The highest BCUT2D eigenvalue weighted by atomic mass is 19.1. The highest BCUT2D eigenvalue weighted by Gasteiger charge is 2.06. The van der Waals surface area contributed by atoms with E-state index >= 15 is 0 Å². The lowest BCUT2D eigenvalue weighted by molar-refractivity contribution is 0.101. The van der Waals surface area contributed by atoms with Gasteiger partial charge >= 0.3 is 0 Å². The summed E-state index contributed by atoms with van der Waals surface area (Å²) in [4.78, 5) is 10.9. The summed E-state index contributed by atoms with van der Waals surface area (Å²) in [5.41, 5.74) is 6.21. The third-order valence-corrected chi connectivity index (χ3v) is 1.69. The molecule has 0 saturated heterocycles. The molecular formula is C9H10FNO. The molecule has 0 heterocycles. The Morgan fingerprint density at radius 3 is 2.50 bits per heavy atom. The van der Waals surface area contributed by atoms with Gasteiger partial charge in [0.2, 0.25) is 0 Å². The number of aryl methyl sites for hydroxylation is 1. The van der Waals surface area contributed by atoms with Crippen LogP contribution in [0.3, 0.4) is 0 Å². The average Bonchev–Trinajstić information content (AvgIpc) is 1.99. The molecule has 0 saturated carbocycles. The van der Waals surface area contributed by atoms with Crippen LogP contribution in [-0.2, 0) is 0 Å². The van der Waals surface area contributed by atoms with Gasteiger partial charge in [0, 0.05) is 5.56 Å². The second kappa shape index (κ2) is 2.93. The van der Waals surface area contributed by atoms with Gasteiger partial charge in [0.25, 0.3) is 0 Å².